The highest BCUT2D eigenvalue weighted by Crippen LogP contribution is 2.28. The van der Waals surface area contributed by atoms with E-state index < -0.39 is 0 Å². The average molecular weight is 270 g/mol. The van der Waals surface area contributed by atoms with Crippen LogP contribution < -0.4 is 5.32 Å². The van der Waals surface area contributed by atoms with E-state index in [0.717, 1.165) is 18.8 Å². The Morgan fingerprint density at radius 2 is 2.10 bits per heavy atom. The van der Waals surface area contributed by atoms with Gasteiger partial charge in [0, 0.05) is 31.7 Å². The highest BCUT2D eigenvalue weighted by atomic mass is 15.3. The Labute approximate surface area is 120 Å². The Balaban J connectivity index is 1.52. The van der Waals surface area contributed by atoms with Gasteiger partial charge in [-0.05, 0) is 43.0 Å². The van der Waals surface area contributed by atoms with Crippen molar-refractivity contribution >= 4 is 0 Å². The number of nitrogens with one attached hydrogen (secondary N) is 1. The van der Waals surface area contributed by atoms with Crippen molar-refractivity contribution in [2.24, 2.45) is 0 Å². The first kappa shape index (κ1) is 13.3. The fourth-order valence-electron chi connectivity index (χ4n) is 2.87. The fourth-order valence-corrected chi connectivity index (χ4v) is 2.87. The number of aromatic nitrogens is 3. The van der Waals surface area contributed by atoms with E-state index in [1.807, 2.05) is 12.4 Å². The van der Waals surface area contributed by atoms with Crippen molar-refractivity contribution < 1.29 is 0 Å². The molecule has 0 saturated heterocycles. The van der Waals surface area contributed by atoms with Crippen LogP contribution in [0.1, 0.15) is 48.5 Å². The summed E-state index contributed by atoms with van der Waals surface area (Å²) in [7, 11) is 0. The second-order valence-corrected chi connectivity index (χ2v) is 5.63. The maximum absolute atomic E-state index is 4.69. The minimum atomic E-state index is 0.631. The summed E-state index contributed by atoms with van der Waals surface area (Å²) in [5.74, 6) is 0. The fraction of sp³-hybridized carbons (Fsp3) is 0.500. The SMILES string of the molecule is Cc1cnccc1CNCc1ccn(C2CCCC2)n1. The lowest BCUT2D eigenvalue weighted by molar-refractivity contribution is 0.460. The van der Waals surface area contributed by atoms with Crippen molar-refractivity contribution in [1.29, 1.82) is 0 Å². The van der Waals surface area contributed by atoms with E-state index in [1.54, 1.807) is 0 Å². The molecule has 4 heteroatoms. The quantitative estimate of drug-likeness (QED) is 0.908. The summed E-state index contributed by atoms with van der Waals surface area (Å²) >= 11 is 0. The van der Waals surface area contributed by atoms with Crippen molar-refractivity contribution in [1.82, 2.24) is 20.1 Å². The Morgan fingerprint density at radius 3 is 2.90 bits per heavy atom. The molecule has 0 radical (unpaired) electrons. The molecule has 0 atom stereocenters. The molecule has 2 aromatic heterocycles. The molecule has 1 N–H and O–H groups in total. The standard InChI is InChI=1S/C16H22N4/c1-13-10-17-8-6-14(13)11-18-12-15-7-9-20(19-15)16-4-2-3-5-16/h6-10,16,18H,2-5,11-12H2,1H3. The number of rotatable bonds is 5. The van der Waals surface area contributed by atoms with Crippen molar-refractivity contribution in [2.75, 3.05) is 0 Å². The zero-order valence-electron chi connectivity index (χ0n) is 12.0. The molecule has 0 spiro atoms. The molecule has 0 unspecified atom stereocenters. The van der Waals surface area contributed by atoms with E-state index in [0.29, 0.717) is 6.04 Å². The molecule has 20 heavy (non-hydrogen) atoms. The van der Waals surface area contributed by atoms with Gasteiger partial charge in [-0.3, -0.25) is 9.67 Å². The molecule has 1 aliphatic rings. The molecule has 1 saturated carbocycles. The third-order valence-corrected chi connectivity index (χ3v) is 4.12. The highest BCUT2D eigenvalue weighted by molar-refractivity contribution is 5.21. The van der Waals surface area contributed by atoms with Crippen LogP contribution in [0.15, 0.2) is 30.7 Å². The molecule has 0 aliphatic heterocycles. The van der Waals surface area contributed by atoms with E-state index in [2.05, 4.69) is 45.3 Å². The summed E-state index contributed by atoms with van der Waals surface area (Å²) in [6.45, 7) is 3.78. The summed E-state index contributed by atoms with van der Waals surface area (Å²) in [5, 5.41) is 8.15. The number of aryl methyl sites for hydroxylation is 1. The second kappa shape index (κ2) is 6.18. The minimum absolute atomic E-state index is 0.631. The number of hydrogen-bond donors (Lipinski definition) is 1. The molecular weight excluding hydrogens is 248 g/mol. The molecule has 1 aliphatic carbocycles. The molecule has 1 fully saturated rings. The van der Waals surface area contributed by atoms with Crippen LogP contribution in [0.5, 0.6) is 0 Å². The predicted octanol–water partition coefficient (Wildman–Crippen LogP) is 2.99. The molecular formula is C16H22N4. The third kappa shape index (κ3) is 3.07. The maximum atomic E-state index is 4.69. The Bertz CT molecular complexity index is 555. The van der Waals surface area contributed by atoms with Gasteiger partial charge in [0.2, 0.25) is 0 Å². The third-order valence-electron chi connectivity index (χ3n) is 4.12. The molecule has 0 bridgehead atoms. The van der Waals surface area contributed by atoms with Crippen molar-refractivity contribution in [3.05, 3.63) is 47.5 Å². The topological polar surface area (TPSA) is 42.7 Å². The van der Waals surface area contributed by atoms with Crippen LogP contribution in [0.25, 0.3) is 0 Å². The second-order valence-electron chi connectivity index (χ2n) is 5.63. The summed E-state index contributed by atoms with van der Waals surface area (Å²) in [4.78, 5) is 4.12. The monoisotopic (exact) mass is 270 g/mol. The van der Waals surface area contributed by atoms with Crippen molar-refractivity contribution in [2.45, 2.75) is 51.7 Å². The van der Waals surface area contributed by atoms with E-state index in [1.165, 1.54) is 36.8 Å². The molecule has 2 heterocycles. The molecule has 0 amide bonds. The van der Waals surface area contributed by atoms with Gasteiger partial charge in [0.15, 0.2) is 0 Å². The molecule has 106 valence electrons. The predicted molar refractivity (Wildman–Crippen MR) is 79.2 cm³/mol. The first-order valence-corrected chi connectivity index (χ1v) is 7.47. The number of pyridine rings is 1. The van der Waals surface area contributed by atoms with Gasteiger partial charge in [-0.2, -0.15) is 5.10 Å². The molecule has 3 rings (SSSR count). The molecule has 2 aromatic rings. The van der Waals surface area contributed by atoms with Gasteiger partial charge in [0.1, 0.15) is 0 Å². The lowest BCUT2D eigenvalue weighted by Gasteiger charge is -2.09. The van der Waals surface area contributed by atoms with Crippen LogP contribution in [0.4, 0.5) is 0 Å². The van der Waals surface area contributed by atoms with E-state index in [4.69, 9.17) is 0 Å². The Kier molecular flexibility index (Phi) is 4.11. The van der Waals surface area contributed by atoms with Crippen LogP contribution in [-0.4, -0.2) is 14.8 Å². The smallest absolute Gasteiger partial charge is 0.0762 e. The summed E-state index contributed by atoms with van der Waals surface area (Å²) < 4.78 is 2.15. The van der Waals surface area contributed by atoms with Gasteiger partial charge < -0.3 is 5.32 Å². The first-order chi connectivity index (χ1) is 9.83. The first-order valence-electron chi connectivity index (χ1n) is 7.47. The average Bonchev–Trinajstić information content (AvgIpc) is 3.11. The van der Waals surface area contributed by atoms with E-state index in [9.17, 15) is 0 Å². The normalized spacial score (nSPS) is 15.8. The van der Waals surface area contributed by atoms with Crippen molar-refractivity contribution in [3.8, 4) is 0 Å². The van der Waals surface area contributed by atoms with Gasteiger partial charge in [0.05, 0.1) is 11.7 Å². The number of hydrogen-bond acceptors (Lipinski definition) is 3. The van der Waals surface area contributed by atoms with Crippen LogP contribution in [0, 0.1) is 6.92 Å². The largest absolute Gasteiger partial charge is 0.307 e. The van der Waals surface area contributed by atoms with Gasteiger partial charge >= 0.3 is 0 Å². The maximum Gasteiger partial charge on any atom is 0.0762 e. The lowest BCUT2D eigenvalue weighted by Crippen LogP contribution is -2.14. The van der Waals surface area contributed by atoms with Crippen LogP contribution >= 0.6 is 0 Å². The minimum Gasteiger partial charge on any atom is -0.307 e. The Morgan fingerprint density at radius 1 is 1.25 bits per heavy atom. The number of nitrogens with zero attached hydrogens (tertiary/aromatic N) is 3. The van der Waals surface area contributed by atoms with E-state index in [-0.39, 0.29) is 0 Å². The summed E-state index contributed by atoms with van der Waals surface area (Å²) in [5.41, 5.74) is 3.66. The van der Waals surface area contributed by atoms with Gasteiger partial charge in [-0.15, -0.1) is 0 Å². The molecule has 4 nitrogen and oxygen atoms in total. The lowest BCUT2D eigenvalue weighted by atomic mass is 10.1. The van der Waals surface area contributed by atoms with Gasteiger partial charge in [-0.25, -0.2) is 0 Å². The van der Waals surface area contributed by atoms with Crippen LogP contribution in [-0.2, 0) is 13.1 Å². The van der Waals surface area contributed by atoms with Gasteiger partial charge in [-0.1, -0.05) is 12.8 Å². The summed E-state index contributed by atoms with van der Waals surface area (Å²) in [6, 6.07) is 4.83. The van der Waals surface area contributed by atoms with Crippen LogP contribution in [0.2, 0.25) is 0 Å². The zero-order valence-corrected chi connectivity index (χ0v) is 12.0. The summed E-state index contributed by atoms with van der Waals surface area (Å²) in [6.07, 6.45) is 11.1. The Hall–Kier alpha value is -1.68. The highest BCUT2D eigenvalue weighted by Gasteiger charge is 2.17. The van der Waals surface area contributed by atoms with Crippen LogP contribution in [0.3, 0.4) is 0 Å². The zero-order chi connectivity index (χ0) is 13.8. The molecule has 0 aromatic carbocycles. The van der Waals surface area contributed by atoms with Crippen molar-refractivity contribution in [3.63, 3.8) is 0 Å². The van der Waals surface area contributed by atoms with Gasteiger partial charge in [0.25, 0.3) is 0 Å². The van der Waals surface area contributed by atoms with E-state index >= 15 is 0 Å².